The van der Waals surface area contributed by atoms with Gasteiger partial charge in [0.2, 0.25) is 11.7 Å². The van der Waals surface area contributed by atoms with Gasteiger partial charge in [-0.25, -0.2) is 8.42 Å². The fourth-order valence-electron chi connectivity index (χ4n) is 3.44. The van der Waals surface area contributed by atoms with Crippen molar-refractivity contribution in [3.05, 3.63) is 24.3 Å². The second-order valence-corrected chi connectivity index (χ2v) is 9.19. The van der Waals surface area contributed by atoms with Crippen molar-refractivity contribution in [2.75, 3.05) is 18.6 Å². The smallest absolute Gasteiger partial charge is 0.246 e. The van der Waals surface area contributed by atoms with Crippen LogP contribution in [0.25, 0.3) is 11.4 Å². The number of nitrogens with zero attached hydrogens (tertiary/aromatic N) is 5. The Hall–Kier alpha value is -2.49. The van der Waals surface area contributed by atoms with Crippen LogP contribution in [-0.2, 0) is 21.2 Å². The van der Waals surface area contributed by atoms with Crippen LogP contribution in [-0.4, -0.2) is 70.1 Å². The molecule has 1 aliphatic carbocycles. The molecule has 1 atom stereocenters. The van der Waals surface area contributed by atoms with Crippen LogP contribution < -0.4 is 4.74 Å². The number of amides is 1. The van der Waals surface area contributed by atoms with Crippen LogP contribution in [0.4, 0.5) is 0 Å². The molecule has 2 heterocycles. The molecular formula is C17H21N5O4S. The molecule has 1 saturated heterocycles. The summed E-state index contributed by atoms with van der Waals surface area (Å²) < 4.78 is 28.8. The van der Waals surface area contributed by atoms with Crippen LogP contribution in [0.3, 0.4) is 0 Å². The number of benzene rings is 1. The standard InChI is InChI=1S/C17H21N5O4S/c1-26-15-4-2-3-12(9-15)17-18-20-21(19-17)10-16(23)22(13-5-6-13)14-7-8-27(24,25)11-14/h2-4,9,13-14H,5-8,10-11H2,1H3. The minimum absolute atomic E-state index is 0.0507. The van der Waals surface area contributed by atoms with E-state index in [4.69, 9.17) is 4.74 Å². The maximum atomic E-state index is 12.8. The quantitative estimate of drug-likeness (QED) is 0.707. The van der Waals surface area contributed by atoms with E-state index in [1.165, 1.54) is 4.80 Å². The van der Waals surface area contributed by atoms with Crippen molar-refractivity contribution in [2.24, 2.45) is 0 Å². The van der Waals surface area contributed by atoms with E-state index in [9.17, 15) is 13.2 Å². The van der Waals surface area contributed by atoms with Crippen LogP contribution in [0.15, 0.2) is 24.3 Å². The van der Waals surface area contributed by atoms with Gasteiger partial charge in [0.15, 0.2) is 9.84 Å². The summed E-state index contributed by atoms with van der Waals surface area (Å²) in [6.45, 7) is -0.0516. The molecule has 1 amide bonds. The van der Waals surface area contributed by atoms with E-state index in [2.05, 4.69) is 15.4 Å². The Morgan fingerprint density at radius 2 is 2.11 bits per heavy atom. The number of ether oxygens (including phenoxy) is 1. The topological polar surface area (TPSA) is 107 Å². The number of tetrazole rings is 1. The van der Waals surface area contributed by atoms with E-state index in [-0.39, 0.29) is 36.0 Å². The molecule has 0 spiro atoms. The number of hydrogen-bond donors (Lipinski definition) is 0. The van der Waals surface area contributed by atoms with Crippen molar-refractivity contribution in [3.8, 4) is 17.1 Å². The van der Waals surface area contributed by atoms with Crippen LogP contribution in [0, 0.1) is 0 Å². The molecule has 0 radical (unpaired) electrons. The monoisotopic (exact) mass is 391 g/mol. The van der Waals surface area contributed by atoms with Gasteiger partial charge in [-0.05, 0) is 36.6 Å². The highest BCUT2D eigenvalue weighted by Crippen LogP contribution is 2.32. The predicted octanol–water partition coefficient (Wildman–Crippen LogP) is 0.527. The lowest BCUT2D eigenvalue weighted by Crippen LogP contribution is -2.44. The zero-order chi connectivity index (χ0) is 19.0. The molecule has 1 aromatic heterocycles. The van der Waals surface area contributed by atoms with Crippen LogP contribution in [0.2, 0.25) is 0 Å². The van der Waals surface area contributed by atoms with E-state index < -0.39 is 9.84 Å². The van der Waals surface area contributed by atoms with Crippen LogP contribution in [0.1, 0.15) is 19.3 Å². The summed E-state index contributed by atoms with van der Waals surface area (Å²) in [5, 5.41) is 12.3. The van der Waals surface area contributed by atoms with Gasteiger partial charge in [0, 0.05) is 17.6 Å². The Morgan fingerprint density at radius 3 is 2.78 bits per heavy atom. The molecule has 1 aliphatic heterocycles. The number of carbonyl (C=O) groups is 1. The Balaban J connectivity index is 1.48. The van der Waals surface area contributed by atoms with Crippen molar-refractivity contribution < 1.29 is 17.9 Å². The third kappa shape index (κ3) is 3.95. The number of hydrogen-bond acceptors (Lipinski definition) is 7. The first kappa shape index (κ1) is 17.9. The summed E-state index contributed by atoms with van der Waals surface area (Å²) in [4.78, 5) is 15.8. The van der Waals surface area contributed by atoms with E-state index in [1.54, 1.807) is 18.1 Å². The second kappa shape index (κ2) is 6.91. The molecule has 2 aromatic rings. The minimum atomic E-state index is -3.05. The molecule has 10 heteroatoms. The number of aromatic nitrogens is 4. The van der Waals surface area contributed by atoms with Crippen molar-refractivity contribution in [1.29, 1.82) is 0 Å². The molecule has 2 fully saturated rings. The van der Waals surface area contributed by atoms with E-state index in [0.29, 0.717) is 18.0 Å². The zero-order valence-electron chi connectivity index (χ0n) is 15.0. The number of carbonyl (C=O) groups excluding carboxylic acids is 1. The normalized spacial score (nSPS) is 21.1. The summed E-state index contributed by atoms with van der Waals surface area (Å²) in [5.74, 6) is 1.13. The Morgan fingerprint density at radius 1 is 1.30 bits per heavy atom. The van der Waals surface area contributed by atoms with Crippen molar-refractivity contribution in [1.82, 2.24) is 25.1 Å². The molecule has 4 rings (SSSR count). The highest BCUT2D eigenvalue weighted by molar-refractivity contribution is 7.91. The Labute approximate surface area is 157 Å². The first-order valence-corrected chi connectivity index (χ1v) is 10.7. The summed E-state index contributed by atoms with van der Waals surface area (Å²) >= 11 is 0. The lowest BCUT2D eigenvalue weighted by molar-refractivity contribution is -0.134. The van der Waals surface area contributed by atoms with Crippen molar-refractivity contribution >= 4 is 15.7 Å². The molecule has 144 valence electrons. The molecule has 27 heavy (non-hydrogen) atoms. The summed E-state index contributed by atoms with van der Waals surface area (Å²) in [6, 6.07) is 7.18. The lowest BCUT2D eigenvalue weighted by Gasteiger charge is -2.28. The van der Waals surface area contributed by atoms with Gasteiger partial charge in [0.05, 0.1) is 18.6 Å². The number of rotatable bonds is 6. The summed E-state index contributed by atoms with van der Waals surface area (Å²) in [7, 11) is -1.47. The largest absolute Gasteiger partial charge is 0.497 e. The first-order chi connectivity index (χ1) is 12.9. The van der Waals surface area contributed by atoms with Gasteiger partial charge < -0.3 is 9.64 Å². The van der Waals surface area contributed by atoms with E-state index >= 15 is 0 Å². The SMILES string of the molecule is COc1cccc(-c2nnn(CC(=O)N(C3CC3)C3CCS(=O)(=O)C3)n2)c1. The molecule has 1 unspecified atom stereocenters. The van der Waals surface area contributed by atoms with E-state index in [0.717, 1.165) is 18.4 Å². The van der Waals surface area contributed by atoms with Gasteiger partial charge in [-0.1, -0.05) is 12.1 Å². The minimum Gasteiger partial charge on any atom is -0.497 e. The highest BCUT2D eigenvalue weighted by atomic mass is 32.2. The first-order valence-electron chi connectivity index (χ1n) is 8.89. The Kier molecular flexibility index (Phi) is 4.58. The third-order valence-electron chi connectivity index (χ3n) is 4.89. The van der Waals surface area contributed by atoms with Gasteiger partial charge in [0.25, 0.3) is 0 Å². The maximum absolute atomic E-state index is 12.8. The number of sulfone groups is 1. The van der Waals surface area contributed by atoms with Gasteiger partial charge in [-0.15, -0.1) is 10.2 Å². The number of methoxy groups -OCH3 is 1. The van der Waals surface area contributed by atoms with Crippen LogP contribution >= 0.6 is 0 Å². The van der Waals surface area contributed by atoms with Gasteiger partial charge in [0.1, 0.15) is 12.3 Å². The van der Waals surface area contributed by atoms with Crippen molar-refractivity contribution in [3.63, 3.8) is 0 Å². The molecule has 0 bridgehead atoms. The van der Waals surface area contributed by atoms with E-state index in [1.807, 2.05) is 18.2 Å². The fraction of sp³-hybridized carbons (Fsp3) is 0.529. The second-order valence-electron chi connectivity index (χ2n) is 6.96. The molecule has 2 aliphatic rings. The third-order valence-corrected chi connectivity index (χ3v) is 6.64. The molecule has 1 saturated carbocycles. The lowest BCUT2D eigenvalue weighted by atomic mass is 10.2. The van der Waals surface area contributed by atoms with Crippen LogP contribution in [0.5, 0.6) is 5.75 Å². The average Bonchev–Trinajstić information content (AvgIpc) is 3.25. The molecular weight excluding hydrogens is 370 g/mol. The zero-order valence-corrected chi connectivity index (χ0v) is 15.8. The predicted molar refractivity (Wildman–Crippen MR) is 96.7 cm³/mol. The average molecular weight is 391 g/mol. The van der Waals surface area contributed by atoms with Crippen molar-refractivity contribution in [2.45, 2.75) is 37.9 Å². The summed E-state index contributed by atoms with van der Waals surface area (Å²) in [5.41, 5.74) is 0.744. The summed E-state index contributed by atoms with van der Waals surface area (Å²) in [6.07, 6.45) is 2.34. The highest BCUT2D eigenvalue weighted by Gasteiger charge is 2.42. The Bertz CT molecular complexity index is 954. The molecule has 0 N–H and O–H groups in total. The fourth-order valence-corrected chi connectivity index (χ4v) is 5.15. The maximum Gasteiger partial charge on any atom is 0.246 e. The molecule has 9 nitrogen and oxygen atoms in total. The molecule has 1 aromatic carbocycles. The van der Waals surface area contributed by atoms with Gasteiger partial charge in [-0.2, -0.15) is 4.80 Å². The van der Waals surface area contributed by atoms with Gasteiger partial charge in [-0.3, -0.25) is 4.79 Å². The van der Waals surface area contributed by atoms with Gasteiger partial charge >= 0.3 is 0 Å².